The van der Waals surface area contributed by atoms with Crippen LogP contribution in [0.3, 0.4) is 0 Å². The van der Waals surface area contributed by atoms with Crippen LogP contribution in [-0.4, -0.2) is 36.8 Å². The van der Waals surface area contributed by atoms with Crippen LogP contribution < -0.4 is 10.6 Å². The van der Waals surface area contributed by atoms with Gasteiger partial charge in [-0.2, -0.15) is 13.2 Å². The van der Waals surface area contributed by atoms with Gasteiger partial charge in [0.1, 0.15) is 11.6 Å². The molecule has 0 aromatic carbocycles. The first-order chi connectivity index (χ1) is 9.47. The van der Waals surface area contributed by atoms with E-state index in [9.17, 15) is 13.2 Å². The lowest BCUT2D eigenvalue weighted by molar-refractivity contribution is -0.144. The molecule has 2 N–H and O–H groups in total. The molecule has 1 aromatic rings. The minimum Gasteiger partial charge on any atom is -0.385 e. The third-order valence-corrected chi connectivity index (χ3v) is 2.37. The molecule has 0 atom stereocenters. The van der Waals surface area contributed by atoms with Gasteiger partial charge in [-0.25, -0.2) is 9.97 Å². The van der Waals surface area contributed by atoms with Gasteiger partial charge in [0.2, 0.25) is 5.82 Å². The number of hydrogen-bond acceptors (Lipinski definition) is 5. The quantitative estimate of drug-likeness (QED) is 0.722. The zero-order valence-electron chi connectivity index (χ0n) is 11.5. The topological polar surface area (TPSA) is 59.1 Å². The van der Waals surface area contributed by atoms with Crippen molar-refractivity contribution in [2.24, 2.45) is 0 Å². The molecule has 8 heteroatoms. The van der Waals surface area contributed by atoms with Crippen molar-refractivity contribution in [3.63, 3.8) is 0 Å². The third kappa shape index (κ3) is 5.60. The van der Waals surface area contributed by atoms with E-state index >= 15 is 0 Å². The van der Waals surface area contributed by atoms with Crippen LogP contribution in [0.2, 0.25) is 0 Å². The Balaban J connectivity index is 2.80. The van der Waals surface area contributed by atoms with E-state index in [-0.39, 0.29) is 11.6 Å². The van der Waals surface area contributed by atoms with Crippen LogP contribution >= 0.6 is 0 Å². The number of hydrogen-bond donors (Lipinski definition) is 2. The Bertz CT molecular complexity index is 412. The van der Waals surface area contributed by atoms with Gasteiger partial charge in [-0.1, -0.05) is 6.92 Å². The zero-order valence-corrected chi connectivity index (χ0v) is 11.5. The standard InChI is InChI=1S/C12H19F3N4O/c1-3-5-16-9-8-10(17-6-4-7-20-2)19-11(18-9)12(13,14)15/h8H,3-7H2,1-2H3,(H2,16,17,18,19). The molecule has 114 valence electrons. The number of nitrogens with one attached hydrogen (secondary N) is 2. The van der Waals surface area contributed by atoms with Crippen molar-refractivity contribution in [3.05, 3.63) is 11.9 Å². The van der Waals surface area contributed by atoms with E-state index < -0.39 is 12.0 Å². The number of methoxy groups -OCH3 is 1. The summed E-state index contributed by atoms with van der Waals surface area (Å²) in [5, 5.41) is 5.67. The molecule has 0 aliphatic carbocycles. The average molecular weight is 292 g/mol. The van der Waals surface area contributed by atoms with E-state index in [4.69, 9.17) is 4.74 Å². The number of rotatable bonds is 8. The summed E-state index contributed by atoms with van der Waals surface area (Å²) >= 11 is 0. The second kappa shape index (κ2) is 7.88. The first-order valence-corrected chi connectivity index (χ1v) is 6.40. The van der Waals surface area contributed by atoms with Gasteiger partial charge in [0.05, 0.1) is 0 Å². The summed E-state index contributed by atoms with van der Waals surface area (Å²) < 4.78 is 43.0. The summed E-state index contributed by atoms with van der Waals surface area (Å²) in [5.74, 6) is -0.821. The molecule has 0 saturated heterocycles. The van der Waals surface area contributed by atoms with Gasteiger partial charge >= 0.3 is 6.18 Å². The summed E-state index contributed by atoms with van der Waals surface area (Å²) in [7, 11) is 1.57. The molecule has 0 aliphatic heterocycles. The van der Waals surface area contributed by atoms with Crippen molar-refractivity contribution < 1.29 is 17.9 Å². The van der Waals surface area contributed by atoms with E-state index in [1.54, 1.807) is 7.11 Å². The highest BCUT2D eigenvalue weighted by molar-refractivity contribution is 5.47. The van der Waals surface area contributed by atoms with Crippen molar-refractivity contribution in [1.82, 2.24) is 9.97 Å². The van der Waals surface area contributed by atoms with Gasteiger partial charge < -0.3 is 15.4 Å². The van der Waals surface area contributed by atoms with E-state index in [1.165, 1.54) is 6.07 Å². The van der Waals surface area contributed by atoms with Gasteiger partial charge in [-0.05, 0) is 12.8 Å². The van der Waals surface area contributed by atoms with Crippen molar-refractivity contribution in [3.8, 4) is 0 Å². The van der Waals surface area contributed by atoms with Gasteiger partial charge in [-0.3, -0.25) is 0 Å². The summed E-state index contributed by atoms with van der Waals surface area (Å²) in [4.78, 5) is 6.96. The first kappa shape index (κ1) is 16.5. The molecule has 0 spiro atoms. The van der Waals surface area contributed by atoms with Gasteiger partial charge in [0.15, 0.2) is 0 Å². The first-order valence-electron chi connectivity index (χ1n) is 6.40. The lowest BCUT2D eigenvalue weighted by Crippen LogP contribution is -2.16. The number of halogens is 3. The molecule has 0 aliphatic rings. The Labute approximate surface area is 116 Å². The number of anilines is 2. The van der Waals surface area contributed by atoms with Crippen molar-refractivity contribution >= 4 is 11.6 Å². The second-order valence-electron chi connectivity index (χ2n) is 4.16. The number of nitrogens with zero attached hydrogens (tertiary/aromatic N) is 2. The Morgan fingerprint density at radius 2 is 1.75 bits per heavy atom. The van der Waals surface area contributed by atoms with E-state index in [1.807, 2.05) is 6.92 Å². The van der Waals surface area contributed by atoms with Gasteiger partial charge in [0, 0.05) is 32.9 Å². The molecule has 0 fully saturated rings. The molecule has 0 unspecified atom stereocenters. The zero-order chi connectivity index (χ0) is 15.0. The molecule has 0 saturated carbocycles. The maximum Gasteiger partial charge on any atom is 0.451 e. The monoisotopic (exact) mass is 292 g/mol. The largest absolute Gasteiger partial charge is 0.451 e. The molecule has 5 nitrogen and oxygen atoms in total. The molecule has 1 aromatic heterocycles. The molecule has 1 rings (SSSR count). The third-order valence-electron chi connectivity index (χ3n) is 2.37. The highest BCUT2D eigenvalue weighted by Gasteiger charge is 2.35. The highest BCUT2D eigenvalue weighted by Crippen LogP contribution is 2.28. The Kier molecular flexibility index (Phi) is 6.50. The molecular formula is C12H19F3N4O. The van der Waals surface area contributed by atoms with Crippen molar-refractivity contribution in [1.29, 1.82) is 0 Å². The fourth-order valence-electron chi connectivity index (χ4n) is 1.44. The van der Waals surface area contributed by atoms with E-state index in [0.29, 0.717) is 26.1 Å². The van der Waals surface area contributed by atoms with Crippen LogP contribution in [0.4, 0.5) is 24.8 Å². The maximum absolute atomic E-state index is 12.7. The Hall–Kier alpha value is -1.57. The molecule has 1 heterocycles. The molecule has 0 bridgehead atoms. The SMILES string of the molecule is CCCNc1cc(NCCCOC)nc(C(F)(F)F)n1. The summed E-state index contributed by atoms with van der Waals surface area (Å²) in [5.41, 5.74) is 0. The lowest BCUT2D eigenvalue weighted by atomic mass is 10.4. The predicted molar refractivity (Wildman–Crippen MR) is 70.8 cm³/mol. The van der Waals surface area contributed by atoms with Gasteiger partial charge in [0.25, 0.3) is 0 Å². The smallest absolute Gasteiger partial charge is 0.385 e. The maximum atomic E-state index is 12.7. The number of ether oxygens (including phenoxy) is 1. The summed E-state index contributed by atoms with van der Waals surface area (Å²) in [6.07, 6.45) is -3.09. The number of alkyl halides is 3. The average Bonchev–Trinajstić information content (AvgIpc) is 2.40. The summed E-state index contributed by atoms with van der Waals surface area (Å²) in [6, 6.07) is 1.47. The van der Waals surface area contributed by atoms with Crippen LogP contribution in [0.15, 0.2) is 6.07 Å². The highest BCUT2D eigenvalue weighted by atomic mass is 19.4. The normalized spacial score (nSPS) is 11.4. The van der Waals surface area contributed by atoms with Crippen LogP contribution in [0.5, 0.6) is 0 Å². The predicted octanol–water partition coefficient (Wildman–Crippen LogP) is 2.77. The van der Waals surface area contributed by atoms with Crippen molar-refractivity contribution in [2.75, 3.05) is 37.4 Å². The van der Waals surface area contributed by atoms with E-state index in [2.05, 4.69) is 20.6 Å². The molecule has 20 heavy (non-hydrogen) atoms. The van der Waals surface area contributed by atoms with Crippen LogP contribution in [0.1, 0.15) is 25.6 Å². The van der Waals surface area contributed by atoms with Gasteiger partial charge in [-0.15, -0.1) is 0 Å². The fourth-order valence-corrected chi connectivity index (χ4v) is 1.44. The lowest BCUT2D eigenvalue weighted by Gasteiger charge is -2.12. The molecular weight excluding hydrogens is 273 g/mol. The van der Waals surface area contributed by atoms with E-state index in [0.717, 1.165) is 6.42 Å². The molecule has 0 radical (unpaired) electrons. The second-order valence-corrected chi connectivity index (χ2v) is 4.16. The molecule has 0 amide bonds. The Morgan fingerprint density at radius 1 is 1.15 bits per heavy atom. The fraction of sp³-hybridized carbons (Fsp3) is 0.667. The van der Waals surface area contributed by atoms with Crippen molar-refractivity contribution in [2.45, 2.75) is 25.9 Å². The Morgan fingerprint density at radius 3 is 2.25 bits per heavy atom. The van der Waals surface area contributed by atoms with Crippen LogP contribution in [0.25, 0.3) is 0 Å². The number of aromatic nitrogens is 2. The van der Waals surface area contributed by atoms with Crippen LogP contribution in [0, 0.1) is 0 Å². The minimum atomic E-state index is -4.56. The van der Waals surface area contributed by atoms with Crippen LogP contribution in [-0.2, 0) is 10.9 Å². The minimum absolute atomic E-state index is 0.155. The summed E-state index contributed by atoms with van der Waals surface area (Å²) in [6.45, 7) is 3.49.